The SMILES string of the molecule is Cn1cc(-c2cccc(-n3cc(-c4cc(F)c(O)c(C=O)c4)cn3)c2)cn1. The standard InChI is InChI=1S/C20H15FN4O2/c1-24-10-16(8-22-24)13-3-2-4-18(6-13)25-11-17(9-23-25)14-5-15(12-26)20(27)19(21)7-14/h2-12,27H,1H3. The molecular formula is C20H15FN4O2. The molecule has 0 bridgehead atoms. The van der Waals surface area contributed by atoms with E-state index in [-0.39, 0.29) is 5.56 Å². The number of phenols is 1. The van der Waals surface area contributed by atoms with Gasteiger partial charge in [0.05, 0.1) is 23.6 Å². The van der Waals surface area contributed by atoms with Gasteiger partial charge in [0, 0.05) is 30.6 Å². The molecule has 6 nitrogen and oxygen atoms in total. The minimum absolute atomic E-state index is 0.101. The van der Waals surface area contributed by atoms with Crippen LogP contribution in [0.25, 0.3) is 27.9 Å². The number of nitrogens with zero attached hydrogens (tertiary/aromatic N) is 4. The Hall–Kier alpha value is -3.74. The van der Waals surface area contributed by atoms with Crippen LogP contribution in [0.1, 0.15) is 10.4 Å². The molecule has 27 heavy (non-hydrogen) atoms. The van der Waals surface area contributed by atoms with Gasteiger partial charge in [0.1, 0.15) is 0 Å². The molecule has 0 aliphatic rings. The lowest BCUT2D eigenvalue weighted by Crippen LogP contribution is -1.94. The van der Waals surface area contributed by atoms with E-state index in [0.717, 1.165) is 16.8 Å². The molecule has 2 aromatic heterocycles. The Bertz CT molecular complexity index is 1150. The molecule has 0 fully saturated rings. The second kappa shape index (κ2) is 6.53. The molecule has 0 radical (unpaired) electrons. The normalized spacial score (nSPS) is 10.9. The molecule has 0 atom stereocenters. The molecule has 0 amide bonds. The van der Waals surface area contributed by atoms with Crippen molar-refractivity contribution in [2.75, 3.05) is 0 Å². The molecule has 134 valence electrons. The van der Waals surface area contributed by atoms with E-state index in [1.54, 1.807) is 28.0 Å². The van der Waals surface area contributed by atoms with Gasteiger partial charge in [-0.05, 0) is 35.4 Å². The summed E-state index contributed by atoms with van der Waals surface area (Å²) in [5, 5.41) is 18.1. The molecule has 7 heteroatoms. The van der Waals surface area contributed by atoms with Gasteiger partial charge in [0.15, 0.2) is 17.9 Å². The minimum Gasteiger partial charge on any atom is -0.504 e. The van der Waals surface area contributed by atoms with Crippen LogP contribution in [-0.2, 0) is 7.05 Å². The lowest BCUT2D eigenvalue weighted by Gasteiger charge is -2.05. The highest BCUT2D eigenvalue weighted by molar-refractivity contribution is 5.82. The summed E-state index contributed by atoms with van der Waals surface area (Å²) in [6.45, 7) is 0. The zero-order valence-corrected chi connectivity index (χ0v) is 14.4. The van der Waals surface area contributed by atoms with Crippen molar-refractivity contribution in [1.82, 2.24) is 19.6 Å². The summed E-state index contributed by atoms with van der Waals surface area (Å²) >= 11 is 0. The largest absolute Gasteiger partial charge is 0.504 e. The fourth-order valence-corrected chi connectivity index (χ4v) is 2.89. The lowest BCUT2D eigenvalue weighted by atomic mass is 10.1. The summed E-state index contributed by atoms with van der Waals surface area (Å²) in [7, 11) is 1.86. The van der Waals surface area contributed by atoms with E-state index in [1.807, 2.05) is 37.5 Å². The van der Waals surface area contributed by atoms with Crippen LogP contribution in [-0.4, -0.2) is 31.0 Å². The number of carbonyl (C=O) groups is 1. The first-order valence-corrected chi connectivity index (χ1v) is 8.17. The average Bonchev–Trinajstić information content (AvgIpc) is 3.33. The highest BCUT2D eigenvalue weighted by Crippen LogP contribution is 2.29. The van der Waals surface area contributed by atoms with Crippen molar-refractivity contribution in [3.63, 3.8) is 0 Å². The average molecular weight is 362 g/mol. The van der Waals surface area contributed by atoms with Gasteiger partial charge in [-0.2, -0.15) is 10.2 Å². The van der Waals surface area contributed by atoms with Gasteiger partial charge >= 0.3 is 0 Å². The molecule has 0 unspecified atom stereocenters. The topological polar surface area (TPSA) is 72.9 Å². The van der Waals surface area contributed by atoms with Crippen molar-refractivity contribution in [3.8, 4) is 33.7 Å². The maximum Gasteiger partial charge on any atom is 0.166 e. The van der Waals surface area contributed by atoms with E-state index in [9.17, 15) is 14.3 Å². The van der Waals surface area contributed by atoms with E-state index in [4.69, 9.17) is 0 Å². The highest BCUT2D eigenvalue weighted by Gasteiger charge is 2.12. The van der Waals surface area contributed by atoms with E-state index in [2.05, 4.69) is 10.2 Å². The minimum atomic E-state index is -0.846. The summed E-state index contributed by atoms with van der Waals surface area (Å²) < 4.78 is 17.2. The first-order chi connectivity index (χ1) is 13.0. The summed E-state index contributed by atoms with van der Waals surface area (Å²) in [4.78, 5) is 11.0. The molecule has 0 aliphatic carbocycles. The molecule has 0 saturated heterocycles. The number of aromatic hydroxyl groups is 1. The molecule has 1 N–H and O–H groups in total. The number of hydrogen-bond acceptors (Lipinski definition) is 4. The number of rotatable bonds is 4. The van der Waals surface area contributed by atoms with E-state index in [1.165, 1.54) is 12.1 Å². The number of halogens is 1. The van der Waals surface area contributed by atoms with Gasteiger partial charge in [0.2, 0.25) is 0 Å². The second-order valence-corrected chi connectivity index (χ2v) is 6.14. The van der Waals surface area contributed by atoms with Gasteiger partial charge in [-0.15, -0.1) is 0 Å². The van der Waals surface area contributed by atoms with Gasteiger partial charge in [0.25, 0.3) is 0 Å². The molecule has 0 spiro atoms. The van der Waals surface area contributed by atoms with E-state index < -0.39 is 11.6 Å². The van der Waals surface area contributed by atoms with Crippen molar-refractivity contribution in [3.05, 3.63) is 72.6 Å². The van der Waals surface area contributed by atoms with Crippen LogP contribution < -0.4 is 0 Å². The monoisotopic (exact) mass is 362 g/mol. The third-order valence-electron chi connectivity index (χ3n) is 4.28. The van der Waals surface area contributed by atoms with E-state index >= 15 is 0 Å². The second-order valence-electron chi connectivity index (χ2n) is 6.14. The summed E-state index contributed by atoms with van der Waals surface area (Å²) in [6, 6.07) is 10.4. The van der Waals surface area contributed by atoms with Crippen molar-refractivity contribution in [2.45, 2.75) is 0 Å². The van der Waals surface area contributed by atoms with Crippen molar-refractivity contribution in [1.29, 1.82) is 0 Å². The third kappa shape index (κ3) is 3.10. The van der Waals surface area contributed by atoms with Crippen LogP contribution in [0.3, 0.4) is 0 Å². The Morgan fingerprint density at radius 2 is 1.78 bits per heavy atom. The predicted octanol–water partition coefficient (Wildman–Crippen LogP) is 3.60. The van der Waals surface area contributed by atoms with Crippen molar-refractivity contribution in [2.24, 2.45) is 7.05 Å². The number of carbonyl (C=O) groups excluding carboxylic acids is 1. The maximum atomic E-state index is 13.8. The predicted molar refractivity (Wildman–Crippen MR) is 98.2 cm³/mol. The Kier molecular flexibility index (Phi) is 4.04. The van der Waals surface area contributed by atoms with Crippen molar-refractivity contribution < 1.29 is 14.3 Å². The molecule has 0 saturated carbocycles. The van der Waals surface area contributed by atoms with Gasteiger partial charge in [-0.25, -0.2) is 9.07 Å². The van der Waals surface area contributed by atoms with Crippen LogP contribution in [0.4, 0.5) is 4.39 Å². The van der Waals surface area contributed by atoms with Crippen LogP contribution in [0, 0.1) is 5.82 Å². The molecule has 2 aromatic carbocycles. The molecular weight excluding hydrogens is 347 g/mol. The quantitative estimate of drug-likeness (QED) is 0.563. The molecule has 2 heterocycles. The zero-order valence-electron chi connectivity index (χ0n) is 14.4. The van der Waals surface area contributed by atoms with Gasteiger partial charge < -0.3 is 5.11 Å². The lowest BCUT2D eigenvalue weighted by molar-refractivity contribution is 0.112. The highest BCUT2D eigenvalue weighted by atomic mass is 19.1. The zero-order chi connectivity index (χ0) is 19.0. The molecule has 4 rings (SSSR count). The summed E-state index contributed by atoms with van der Waals surface area (Å²) in [5.41, 5.74) is 3.80. The summed E-state index contributed by atoms with van der Waals surface area (Å²) in [6.07, 6.45) is 7.45. The van der Waals surface area contributed by atoms with E-state index in [0.29, 0.717) is 17.4 Å². The van der Waals surface area contributed by atoms with Gasteiger partial charge in [-0.3, -0.25) is 9.48 Å². The summed E-state index contributed by atoms with van der Waals surface area (Å²) in [5.74, 6) is -1.49. The van der Waals surface area contributed by atoms with Gasteiger partial charge in [-0.1, -0.05) is 12.1 Å². The molecule has 4 aromatic rings. The van der Waals surface area contributed by atoms with Crippen LogP contribution in [0.15, 0.2) is 61.2 Å². The number of aromatic nitrogens is 4. The Morgan fingerprint density at radius 3 is 2.52 bits per heavy atom. The van der Waals surface area contributed by atoms with Crippen LogP contribution in [0.2, 0.25) is 0 Å². The maximum absolute atomic E-state index is 13.8. The first kappa shape index (κ1) is 16.7. The fraction of sp³-hybridized carbons (Fsp3) is 0.0500. The van der Waals surface area contributed by atoms with Crippen molar-refractivity contribution >= 4 is 6.29 Å². The third-order valence-corrected chi connectivity index (χ3v) is 4.28. The Balaban J connectivity index is 1.71. The van der Waals surface area contributed by atoms with Crippen LogP contribution in [0.5, 0.6) is 5.75 Å². The first-order valence-electron chi connectivity index (χ1n) is 8.17. The fourth-order valence-electron chi connectivity index (χ4n) is 2.89. The number of benzene rings is 2. The smallest absolute Gasteiger partial charge is 0.166 e. The Labute approximate surface area is 154 Å². The number of aldehydes is 1. The number of aryl methyl sites for hydroxylation is 1. The number of phenolic OH excluding ortho intramolecular Hbond substituents is 1. The Morgan fingerprint density at radius 1 is 1.00 bits per heavy atom. The van der Waals surface area contributed by atoms with Crippen LogP contribution >= 0.6 is 0 Å². The molecule has 0 aliphatic heterocycles. The number of hydrogen-bond donors (Lipinski definition) is 1.